The van der Waals surface area contributed by atoms with Gasteiger partial charge in [0.25, 0.3) is 0 Å². The Labute approximate surface area is 123 Å². The third-order valence-electron chi connectivity index (χ3n) is 3.30. The summed E-state index contributed by atoms with van der Waals surface area (Å²) in [6.07, 6.45) is 9.12. The lowest BCUT2D eigenvalue weighted by Gasteiger charge is -2.20. The standard InChI is InChI=1S/C15H30N2OS/c1-4-5-6-7-8-9-10-11-13(18)17-14(12(2)3)15(16)19/h12,14H,4-11H2,1-3H3,(H2,16,19)(H,17,18). The minimum Gasteiger partial charge on any atom is -0.392 e. The molecule has 0 radical (unpaired) electrons. The molecular formula is C15H30N2OS. The van der Waals surface area contributed by atoms with Crippen molar-refractivity contribution in [1.82, 2.24) is 5.32 Å². The van der Waals surface area contributed by atoms with Gasteiger partial charge in [0.15, 0.2) is 0 Å². The maximum Gasteiger partial charge on any atom is 0.220 e. The highest BCUT2D eigenvalue weighted by Crippen LogP contribution is 2.09. The topological polar surface area (TPSA) is 55.1 Å². The zero-order valence-corrected chi connectivity index (χ0v) is 13.5. The average Bonchev–Trinajstić information content (AvgIpc) is 2.34. The second-order valence-corrected chi connectivity index (χ2v) is 6.03. The summed E-state index contributed by atoms with van der Waals surface area (Å²) in [5, 5.41) is 2.92. The summed E-state index contributed by atoms with van der Waals surface area (Å²) in [5.41, 5.74) is 5.63. The smallest absolute Gasteiger partial charge is 0.220 e. The van der Waals surface area contributed by atoms with Crippen LogP contribution in [0.5, 0.6) is 0 Å². The molecule has 0 bridgehead atoms. The molecule has 0 aliphatic rings. The van der Waals surface area contributed by atoms with Gasteiger partial charge in [0.05, 0.1) is 11.0 Å². The van der Waals surface area contributed by atoms with Crippen molar-refractivity contribution in [3.8, 4) is 0 Å². The number of hydrogen-bond acceptors (Lipinski definition) is 2. The monoisotopic (exact) mass is 286 g/mol. The first kappa shape index (κ1) is 18.4. The van der Waals surface area contributed by atoms with Crippen molar-refractivity contribution >= 4 is 23.1 Å². The molecule has 0 spiro atoms. The summed E-state index contributed by atoms with van der Waals surface area (Å²) in [4.78, 5) is 12.1. The van der Waals surface area contributed by atoms with E-state index in [1.807, 2.05) is 13.8 Å². The molecule has 0 saturated heterocycles. The molecule has 0 aliphatic heterocycles. The fourth-order valence-electron chi connectivity index (χ4n) is 2.05. The maximum absolute atomic E-state index is 11.8. The molecule has 0 heterocycles. The normalized spacial score (nSPS) is 12.4. The van der Waals surface area contributed by atoms with Crippen molar-refractivity contribution in [1.29, 1.82) is 0 Å². The summed E-state index contributed by atoms with van der Waals surface area (Å²) in [6, 6.07) is -0.174. The van der Waals surface area contributed by atoms with E-state index in [2.05, 4.69) is 12.2 Å². The maximum atomic E-state index is 11.8. The number of hydrogen-bond donors (Lipinski definition) is 2. The minimum atomic E-state index is -0.174. The third-order valence-corrected chi connectivity index (χ3v) is 3.55. The second kappa shape index (κ2) is 11.2. The van der Waals surface area contributed by atoms with Gasteiger partial charge in [-0.1, -0.05) is 71.5 Å². The molecule has 3 nitrogen and oxygen atoms in total. The van der Waals surface area contributed by atoms with Gasteiger partial charge in [-0.05, 0) is 12.3 Å². The van der Waals surface area contributed by atoms with E-state index in [-0.39, 0.29) is 17.9 Å². The predicted octanol–water partition coefficient (Wildman–Crippen LogP) is 3.55. The molecule has 112 valence electrons. The zero-order valence-electron chi connectivity index (χ0n) is 12.7. The average molecular weight is 286 g/mol. The minimum absolute atomic E-state index is 0.0695. The van der Waals surface area contributed by atoms with E-state index in [9.17, 15) is 4.79 Å². The van der Waals surface area contributed by atoms with Crippen LogP contribution in [0, 0.1) is 5.92 Å². The van der Waals surface area contributed by atoms with E-state index in [0.717, 1.165) is 12.8 Å². The summed E-state index contributed by atoms with van der Waals surface area (Å²) in [6.45, 7) is 6.24. The van der Waals surface area contributed by atoms with Gasteiger partial charge in [-0.3, -0.25) is 4.79 Å². The lowest BCUT2D eigenvalue weighted by atomic mass is 10.0. The van der Waals surface area contributed by atoms with E-state index in [0.29, 0.717) is 11.4 Å². The van der Waals surface area contributed by atoms with Crippen molar-refractivity contribution in [3.05, 3.63) is 0 Å². The predicted molar refractivity (Wildman–Crippen MR) is 86.2 cm³/mol. The number of rotatable bonds is 11. The van der Waals surface area contributed by atoms with Crippen molar-refractivity contribution in [2.75, 3.05) is 0 Å². The highest BCUT2D eigenvalue weighted by Gasteiger charge is 2.18. The highest BCUT2D eigenvalue weighted by atomic mass is 32.1. The molecule has 3 N–H and O–H groups in total. The van der Waals surface area contributed by atoms with Gasteiger partial charge in [0.1, 0.15) is 0 Å². The lowest BCUT2D eigenvalue weighted by Crippen LogP contribution is -2.46. The van der Waals surface area contributed by atoms with Crippen molar-refractivity contribution in [2.45, 2.75) is 78.2 Å². The van der Waals surface area contributed by atoms with Crippen molar-refractivity contribution < 1.29 is 4.79 Å². The van der Waals surface area contributed by atoms with Gasteiger partial charge in [-0.15, -0.1) is 0 Å². The second-order valence-electron chi connectivity index (χ2n) is 5.56. The van der Waals surface area contributed by atoms with Gasteiger partial charge in [0.2, 0.25) is 5.91 Å². The molecule has 0 saturated carbocycles. The molecule has 1 unspecified atom stereocenters. The molecule has 1 amide bonds. The van der Waals surface area contributed by atoms with Crippen LogP contribution in [0.15, 0.2) is 0 Å². The van der Waals surface area contributed by atoms with Crippen molar-refractivity contribution in [3.63, 3.8) is 0 Å². The first-order chi connectivity index (χ1) is 8.99. The van der Waals surface area contributed by atoms with Gasteiger partial charge < -0.3 is 11.1 Å². The van der Waals surface area contributed by atoms with Crippen LogP contribution in [0.3, 0.4) is 0 Å². The molecule has 19 heavy (non-hydrogen) atoms. The SMILES string of the molecule is CCCCCCCCCC(=O)NC(C(N)=S)C(C)C. The van der Waals surface area contributed by atoms with Crippen LogP contribution < -0.4 is 11.1 Å². The Hall–Kier alpha value is -0.640. The summed E-state index contributed by atoms with van der Waals surface area (Å²) in [7, 11) is 0. The molecule has 4 heteroatoms. The van der Waals surface area contributed by atoms with E-state index < -0.39 is 0 Å². The van der Waals surface area contributed by atoms with E-state index >= 15 is 0 Å². The first-order valence-electron chi connectivity index (χ1n) is 7.57. The van der Waals surface area contributed by atoms with Crippen LogP contribution in [-0.4, -0.2) is 16.9 Å². The number of thiocarbonyl (C=S) groups is 1. The fraction of sp³-hybridized carbons (Fsp3) is 0.867. The Kier molecular flexibility index (Phi) is 10.8. The third kappa shape index (κ3) is 9.88. The number of carbonyl (C=O) groups excluding carboxylic acids is 1. The molecule has 0 aromatic heterocycles. The van der Waals surface area contributed by atoms with Crippen LogP contribution in [0.2, 0.25) is 0 Å². The Morgan fingerprint density at radius 2 is 1.63 bits per heavy atom. The molecule has 0 aromatic rings. The Morgan fingerprint density at radius 3 is 2.11 bits per heavy atom. The van der Waals surface area contributed by atoms with Crippen LogP contribution >= 0.6 is 12.2 Å². The molecule has 0 fully saturated rings. The summed E-state index contributed by atoms with van der Waals surface area (Å²) in [5.74, 6) is 0.315. The Morgan fingerprint density at radius 1 is 1.11 bits per heavy atom. The van der Waals surface area contributed by atoms with E-state index in [1.54, 1.807) is 0 Å². The van der Waals surface area contributed by atoms with Gasteiger partial charge in [-0.2, -0.15) is 0 Å². The Balaban J connectivity index is 3.66. The quantitative estimate of drug-likeness (QED) is 0.451. The molecule has 0 aliphatic carbocycles. The first-order valence-corrected chi connectivity index (χ1v) is 7.98. The summed E-state index contributed by atoms with van der Waals surface area (Å²) < 4.78 is 0. The number of amides is 1. The highest BCUT2D eigenvalue weighted by molar-refractivity contribution is 7.80. The van der Waals surface area contributed by atoms with Gasteiger partial charge in [0, 0.05) is 6.42 Å². The van der Waals surface area contributed by atoms with Crippen LogP contribution in [0.4, 0.5) is 0 Å². The van der Waals surface area contributed by atoms with E-state index in [4.69, 9.17) is 18.0 Å². The molecule has 1 atom stereocenters. The van der Waals surface area contributed by atoms with Crippen LogP contribution in [-0.2, 0) is 4.79 Å². The fourth-order valence-corrected chi connectivity index (χ4v) is 2.39. The van der Waals surface area contributed by atoms with Crippen molar-refractivity contribution in [2.24, 2.45) is 11.7 Å². The van der Waals surface area contributed by atoms with Crippen LogP contribution in [0.1, 0.15) is 72.1 Å². The molecule has 0 aromatic carbocycles. The van der Waals surface area contributed by atoms with Crippen LogP contribution in [0.25, 0.3) is 0 Å². The molecular weight excluding hydrogens is 256 g/mol. The number of unbranched alkanes of at least 4 members (excludes halogenated alkanes) is 6. The Bertz CT molecular complexity index is 267. The number of carbonyl (C=O) groups is 1. The molecule has 0 rings (SSSR count). The van der Waals surface area contributed by atoms with Gasteiger partial charge in [-0.25, -0.2) is 0 Å². The van der Waals surface area contributed by atoms with Gasteiger partial charge >= 0.3 is 0 Å². The summed E-state index contributed by atoms with van der Waals surface area (Å²) >= 11 is 4.97. The lowest BCUT2D eigenvalue weighted by molar-refractivity contribution is -0.121. The van der Waals surface area contributed by atoms with E-state index in [1.165, 1.54) is 32.1 Å². The largest absolute Gasteiger partial charge is 0.392 e. The number of nitrogens with two attached hydrogens (primary N) is 1. The zero-order chi connectivity index (χ0) is 14.7. The number of nitrogens with one attached hydrogen (secondary N) is 1.